The summed E-state index contributed by atoms with van der Waals surface area (Å²) in [4.78, 5) is 13.7. The predicted octanol–water partition coefficient (Wildman–Crippen LogP) is 6.07. The first-order chi connectivity index (χ1) is 17.0. The molecule has 4 rings (SSSR count). The van der Waals surface area contributed by atoms with Crippen LogP contribution in [0.1, 0.15) is 51.1 Å². The molecule has 3 aromatic carbocycles. The molecule has 0 N–H and O–H groups in total. The van der Waals surface area contributed by atoms with Crippen molar-refractivity contribution in [2.75, 3.05) is 0 Å². The number of hydrogen-bond acceptors (Lipinski definition) is 1. The molecule has 0 atom stereocenters. The minimum atomic E-state index is -3.83. The Hall–Kier alpha value is -2.87. The first-order valence-corrected chi connectivity index (χ1v) is 8.10. The zero-order chi connectivity index (χ0) is 27.6. The molecule has 0 spiro atoms. The van der Waals surface area contributed by atoms with Gasteiger partial charge in [0, 0.05) is 49.8 Å². The minimum absolute atomic E-state index is 0.0185. The van der Waals surface area contributed by atoms with E-state index >= 15 is 0 Å². The molecule has 2 heteroatoms. The molecule has 0 saturated heterocycles. The van der Waals surface area contributed by atoms with Crippen LogP contribution >= 0.6 is 0 Å². The van der Waals surface area contributed by atoms with Crippen LogP contribution in [0.25, 0.3) is 21.7 Å². The van der Waals surface area contributed by atoms with Crippen molar-refractivity contribution in [3.63, 3.8) is 0 Å². The maximum Gasteiger partial charge on any atom is 0.195 e. The molecule has 0 radical (unpaired) electrons. The van der Waals surface area contributed by atoms with Gasteiger partial charge < -0.3 is 4.57 Å². The molecule has 0 aliphatic heterocycles. The first kappa shape index (κ1) is 8.22. The van der Waals surface area contributed by atoms with Crippen LogP contribution in [0.3, 0.4) is 0 Å². The summed E-state index contributed by atoms with van der Waals surface area (Å²) in [5, 5.41) is 1.72. The highest BCUT2D eigenvalue weighted by Gasteiger charge is 2.18. The summed E-state index contributed by atoms with van der Waals surface area (Å²) in [6.45, 7) is -10.8. The van der Waals surface area contributed by atoms with Crippen molar-refractivity contribution in [2.24, 2.45) is 5.89 Å². The number of nitrogens with zero attached hydrogens (tertiary/aromatic N) is 1. The maximum absolute atomic E-state index is 13.7. The van der Waals surface area contributed by atoms with Gasteiger partial charge in [-0.3, -0.25) is 4.79 Å². The lowest BCUT2D eigenvalue weighted by atomic mass is 9.97. The fraction of sp³-hybridized carbons (Fsp3) is 0.208. The summed E-state index contributed by atoms with van der Waals surface area (Å²) in [5.41, 5.74) is 0.382. The van der Waals surface area contributed by atoms with Crippen molar-refractivity contribution in [2.45, 2.75) is 26.6 Å². The molecule has 0 saturated carbocycles. The van der Waals surface area contributed by atoms with Crippen molar-refractivity contribution in [3.05, 3.63) is 84.1 Å². The van der Waals surface area contributed by atoms with E-state index in [9.17, 15) is 4.79 Å². The zero-order valence-corrected chi connectivity index (χ0v) is 13.8. The summed E-state index contributed by atoms with van der Waals surface area (Å²) in [6, 6.07) is 18.4. The number of rotatable bonds is 5. The van der Waals surface area contributed by atoms with Gasteiger partial charge in [0.2, 0.25) is 0 Å². The maximum atomic E-state index is 13.7. The lowest BCUT2D eigenvalue weighted by molar-refractivity contribution is 0.104. The molecule has 0 fully saturated rings. The molecule has 1 aromatic heterocycles. The Morgan fingerprint density at radius 1 is 1.00 bits per heavy atom. The van der Waals surface area contributed by atoms with Gasteiger partial charge in [-0.25, -0.2) is 0 Å². The number of ketones is 1. The highest BCUT2D eigenvalue weighted by Crippen LogP contribution is 2.27. The smallest absolute Gasteiger partial charge is 0.195 e. The Balaban J connectivity index is 1.97. The summed E-state index contributed by atoms with van der Waals surface area (Å²) in [5.74, 6) is -4.31. The van der Waals surface area contributed by atoms with Gasteiger partial charge in [-0.1, -0.05) is 74.4 Å². The third-order valence-corrected chi connectivity index (χ3v) is 4.29. The molecule has 1 heterocycles. The van der Waals surface area contributed by atoms with Gasteiger partial charge >= 0.3 is 0 Å². The minimum Gasteiger partial charge on any atom is -0.347 e. The van der Waals surface area contributed by atoms with Crippen molar-refractivity contribution in [1.82, 2.24) is 4.57 Å². The standard InChI is InChI=1S/C24H23NO/c1-17(2)14-15-25-16-22(20-11-5-6-13-23(20)25)24(26)21-12-7-9-18-8-3-4-10-19(18)21/h3-13,16-17H,14-15H2,1-2H3/i1D3,2D3,14D2,15D2,17D. The number of benzene rings is 3. The lowest BCUT2D eigenvalue weighted by Crippen LogP contribution is -2.03. The number of fused-ring (bicyclic) bond motifs is 2. The zero-order valence-electron chi connectivity index (χ0n) is 24.8. The Labute approximate surface area is 169 Å². The van der Waals surface area contributed by atoms with E-state index in [0.717, 1.165) is 16.2 Å². The molecule has 0 amide bonds. The average Bonchev–Trinajstić information content (AvgIpc) is 3.21. The second-order valence-electron chi connectivity index (χ2n) is 5.90. The topological polar surface area (TPSA) is 22.0 Å². The van der Waals surface area contributed by atoms with E-state index in [0.29, 0.717) is 10.9 Å². The van der Waals surface area contributed by atoms with Crippen molar-refractivity contribution in [1.29, 1.82) is 0 Å². The van der Waals surface area contributed by atoms with E-state index in [1.165, 1.54) is 18.2 Å². The molecule has 0 aliphatic carbocycles. The Kier molecular flexibility index (Phi) is 2.15. The van der Waals surface area contributed by atoms with Gasteiger partial charge in [0.1, 0.15) is 0 Å². The number of carbonyl (C=O) groups excluding carboxylic acids is 1. The van der Waals surface area contributed by atoms with Crippen LogP contribution in [0.2, 0.25) is 0 Å². The molecule has 26 heavy (non-hydrogen) atoms. The SMILES string of the molecule is [2H]C([2H])([2H])C([2H])(C([2H])([2H])[2H])C([2H])([2H])C([2H])([2H])n1cc(C(=O)c2cccc3ccccc23)c2ccccc21. The number of aryl methyl sites for hydroxylation is 1. The molecular weight excluding hydrogens is 318 g/mol. The second-order valence-corrected chi connectivity index (χ2v) is 5.90. The van der Waals surface area contributed by atoms with E-state index in [1.54, 1.807) is 30.3 Å². The Morgan fingerprint density at radius 3 is 2.58 bits per heavy atom. The number of para-hydroxylation sites is 1. The lowest BCUT2D eigenvalue weighted by Gasteiger charge is -2.07. The van der Waals surface area contributed by atoms with Crippen LogP contribution in [0.4, 0.5) is 0 Å². The highest BCUT2D eigenvalue weighted by molar-refractivity contribution is 6.21. The average molecular weight is 353 g/mol. The van der Waals surface area contributed by atoms with Crippen LogP contribution < -0.4 is 0 Å². The number of carbonyl (C=O) groups is 1. The summed E-state index contributed by atoms with van der Waals surface area (Å²) < 4.78 is 89.5. The first-order valence-electron chi connectivity index (χ1n) is 13.6. The molecule has 0 aliphatic rings. The van der Waals surface area contributed by atoms with Crippen molar-refractivity contribution >= 4 is 27.5 Å². The monoisotopic (exact) mass is 352 g/mol. The van der Waals surface area contributed by atoms with E-state index < -0.39 is 38.3 Å². The predicted molar refractivity (Wildman–Crippen MR) is 109 cm³/mol. The van der Waals surface area contributed by atoms with Crippen molar-refractivity contribution in [3.8, 4) is 0 Å². The number of aromatic nitrogens is 1. The Morgan fingerprint density at radius 2 is 1.73 bits per heavy atom. The van der Waals surface area contributed by atoms with Crippen LogP contribution in [0, 0.1) is 5.89 Å². The molecule has 4 aromatic rings. The van der Waals surface area contributed by atoms with Gasteiger partial charge in [-0.15, -0.1) is 0 Å². The van der Waals surface area contributed by atoms with Gasteiger partial charge in [-0.05, 0) is 29.1 Å². The van der Waals surface area contributed by atoms with Crippen LogP contribution in [-0.4, -0.2) is 10.4 Å². The van der Waals surface area contributed by atoms with Crippen molar-refractivity contribution < 1.29 is 19.9 Å². The largest absolute Gasteiger partial charge is 0.347 e. The van der Waals surface area contributed by atoms with Gasteiger partial charge in [0.15, 0.2) is 5.78 Å². The molecule has 2 nitrogen and oxygen atoms in total. The summed E-state index contributed by atoms with van der Waals surface area (Å²) in [6.07, 6.45) is -2.70. The fourth-order valence-electron chi connectivity index (χ4n) is 3.14. The van der Waals surface area contributed by atoms with Crippen LogP contribution in [0.15, 0.2) is 72.9 Å². The third kappa shape index (κ3) is 2.92. The fourth-order valence-corrected chi connectivity index (χ4v) is 3.14. The summed E-state index contributed by atoms with van der Waals surface area (Å²) >= 11 is 0. The quantitative estimate of drug-likeness (QED) is 0.399. The van der Waals surface area contributed by atoms with E-state index in [4.69, 9.17) is 15.1 Å². The molecule has 0 bridgehead atoms. The number of hydrogen-bond donors (Lipinski definition) is 0. The van der Waals surface area contributed by atoms with Crippen LogP contribution in [-0.2, 0) is 6.50 Å². The van der Waals surface area contributed by atoms with E-state index in [1.807, 2.05) is 18.2 Å². The third-order valence-electron chi connectivity index (χ3n) is 4.29. The van der Waals surface area contributed by atoms with E-state index in [-0.39, 0.29) is 16.5 Å². The summed E-state index contributed by atoms with van der Waals surface area (Å²) in [7, 11) is 0. The van der Waals surface area contributed by atoms with Gasteiger partial charge in [0.05, 0.1) is 0 Å². The van der Waals surface area contributed by atoms with Gasteiger partial charge in [0.25, 0.3) is 0 Å². The molecule has 0 unspecified atom stereocenters. The Bertz CT molecular complexity index is 1480. The second kappa shape index (κ2) is 6.80. The normalized spacial score (nSPS) is 20.2. The highest BCUT2D eigenvalue weighted by atomic mass is 16.1. The van der Waals surface area contributed by atoms with Crippen LogP contribution in [0.5, 0.6) is 0 Å². The van der Waals surface area contributed by atoms with Gasteiger partial charge in [-0.2, -0.15) is 0 Å². The molecular formula is C24H23NO. The molecule has 130 valence electrons. The van der Waals surface area contributed by atoms with E-state index in [2.05, 4.69) is 0 Å².